The Balaban J connectivity index is 1.52. The third-order valence-corrected chi connectivity index (χ3v) is 10.3. The summed E-state index contributed by atoms with van der Waals surface area (Å²) in [6.45, 7) is 9.54. The minimum Gasteiger partial charge on any atom is -0.496 e. The van der Waals surface area contributed by atoms with Crippen molar-refractivity contribution in [1.82, 2.24) is 19.0 Å². The highest BCUT2D eigenvalue weighted by atomic mass is 32.1. The van der Waals surface area contributed by atoms with Gasteiger partial charge >= 0.3 is 11.7 Å². The van der Waals surface area contributed by atoms with E-state index in [-0.39, 0.29) is 18.0 Å². The summed E-state index contributed by atoms with van der Waals surface area (Å²) in [5.74, 6) is -0.380. The van der Waals surface area contributed by atoms with Crippen LogP contribution in [-0.4, -0.2) is 55.9 Å². The zero-order chi connectivity index (χ0) is 31.3. The molecule has 3 atom stereocenters. The SMILES string of the molecule is C=C1CCC2CC(OC(Cn3c(=O)n(C(C)(C)C(=O)O)c(=O)c4c(C)c(-c5ncco5)sc43)c3ccccc3OC)CCN12. The van der Waals surface area contributed by atoms with Gasteiger partial charge in [-0.3, -0.25) is 9.36 Å². The predicted molar refractivity (Wildman–Crippen MR) is 166 cm³/mol. The molecule has 11 nitrogen and oxygen atoms in total. The molecule has 2 saturated heterocycles. The Bertz CT molecular complexity index is 1850. The fourth-order valence-electron chi connectivity index (χ4n) is 6.49. The van der Waals surface area contributed by atoms with E-state index in [0.717, 1.165) is 42.4 Å². The maximum Gasteiger partial charge on any atom is 0.333 e. The van der Waals surface area contributed by atoms with Gasteiger partial charge < -0.3 is 23.9 Å². The van der Waals surface area contributed by atoms with E-state index in [1.165, 1.54) is 47.9 Å². The summed E-state index contributed by atoms with van der Waals surface area (Å²) in [7, 11) is 1.59. The van der Waals surface area contributed by atoms with Gasteiger partial charge in [-0.25, -0.2) is 19.1 Å². The van der Waals surface area contributed by atoms with Crippen LogP contribution in [0.4, 0.5) is 0 Å². The van der Waals surface area contributed by atoms with E-state index in [2.05, 4.69) is 16.5 Å². The lowest BCUT2D eigenvalue weighted by atomic mass is 9.99. The number of aliphatic carboxylic acids is 1. The molecule has 0 saturated carbocycles. The van der Waals surface area contributed by atoms with E-state index in [9.17, 15) is 19.5 Å². The highest BCUT2D eigenvalue weighted by Crippen LogP contribution is 2.39. The number of ether oxygens (including phenoxy) is 2. The van der Waals surface area contributed by atoms with Crippen molar-refractivity contribution in [3.05, 3.63) is 81.0 Å². The summed E-state index contributed by atoms with van der Waals surface area (Å²) < 4.78 is 20.4. The molecule has 0 aliphatic carbocycles. The minimum atomic E-state index is -1.82. The number of para-hydroxylation sites is 1. The first-order valence-electron chi connectivity index (χ1n) is 14.7. The molecule has 1 aromatic carbocycles. The number of aromatic nitrogens is 3. The highest BCUT2D eigenvalue weighted by molar-refractivity contribution is 7.22. The summed E-state index contributed by atoms with van der Waals surface area (Å²) in [5.41, 5.74) is -0.749. The number of fused-ring (bicyclic) bond motifs is 2. The van der Waals surface area contributed by atoms with E-state index in [1.54, 1.807) is 14.0 Å². The number of nitrogens with zero attached hydrogens (tertiary/aromatic N) is 4. The Labute approximate surface area is 258 Å². The Morgan fingerprint density at radius 3 is 2.75 bits per heavy atom. The molecule has 0 bridgehead atoms. The summed E-state index contributed by atoms with van der Waals surface area (Å²) in [5, 5.41) is 10.3. The number of carboxylic acids is 1. The van der Waals surface area contributed by atoms with Crippen molar-refractivity contribution < 1.29 is 23.8 Å². The molecule has 2 aliphatic heterocycles. The van der Waals surface area contributed by atoms with Crippen molar-refractivity contribution in [2.24, 2.45) is 0 Å². The first-order valence-corrected chi connectivity index (χ1v) is 15.5. The van der Waals surface area contributed by atoms with Crippen LogP contribution in [0.2, 0.25) is 0 Å². The van der Waals surface area contributed by atoms with Crippen LogP contribution in [0.15, 0.2) is 63.0 Å². The van der Waals surface area contributed by atoms with E-state index in [4.69, 9.17) is 13.9 Å². The van der Waals surface area contributed by atoms with Crippen LogP contribution < -0.4 is 16.0 Å². The van der Waals surface area contributed by atoms with Crippen molar-refractivity contribution in [2.75, 3.05) is 13.7 Å². The molecule has 6 rings (SSSR count). The monoisotopic (exact) mass is 620 g/mol. The smallest absolute Gasteiger partial charge is 0.333 e. The van der Waals surface area contributed by atoms with Crippen molar-refractivity contribution in [1.29, 1.82) is 0 Å². The Hall–Kier alpha value is -4.16. The summed E-state index contributed by atoms with van der Waals surface area (Å²) >= 11 is 1.21. The van der Waals surface area contributed by atoms with Gasteiger partial charge in [0, 0.05) is 23.8 Å². The second-order valence-corrected chi connectivity index (χ2v) is 12.9. The van der Waals surface area contributed by atoms with Crippen LogP contribution >= 0.6 is 11.3 Å². The summed E-state index contributed by atoms with van der Waals surface area (Å²) in [6.07, 6.45) is 5.86. The lowest BCUT2D eigenvalue weighted by molar-refractivity contribution is -0.146. The van der Waals surface area contributed by atoms with Crippen LogP contribution in [0.25, 0.3) is 21.0 Å². The second kappa shape index (κ2) is 11.4. The van der Waals surface area contributed by atoms with Gasteiger partial charge in [0.05, 0.1) is 36.2 Å². The van der Waals surface area contributed by atoms with Gasteiger partial charge in [-0.05, 0) is 58.1 Å². The molecule has 44 heavy (non-hydrogen) atoms. The number of piperidine rings is 1. The number of aryl methyl sites for hydroxylation is 1. The first kappa shape index (κ1) is 29.9. The molecular weight excluding hydrogens is 584 g/mol. The fraction of sp³-hybridized carbons (Fsp3) is 0.438. The topological polar surface area (TPSA) is 129 Å². The van der Waals surface area contributed by atoms with Crippen molar-refractivity contribution in [2.45, 2.75) is 76.8 Å². The zero-order valence-electron chi connectivity index (χ0n) is 25.2. The lowest BCUT2D eigenvalue weighted by Crippen LogP contribution is -2.52. The second-order valence-electron chi connectivity index (χ2n) is 11.9. The number of methoxy groups -OCH3 is 1. The molecule has 2 aliphatic rings. The quantitative estimate of drug-likeness (QED) is 0.277. The van der Waals surface area contributed by atoms with Crippen LogP contribution in [0.5, 0.6) is 5.75 Å². The predicted octanol–water partition coefficient (Wildman–Crippen LogP) is 4.91. The van der Waals surface area contributed by atoms with Gasteiger partial charge in [-0.2, -0.15) is 0 Å². The fourth-order valence-corrected chi connectivity index (χ4v) is 7.73. The third kappa shape index (κ3) is 4.95. The van der Waals surface area contributed by atoms with E-state index < -0.39 is 28.9 Å². The van der Waals surface area contributed by atoms with E-state index >= 15 is 0 Å². The number of hydrogen-bond donors (Lipinski definition) is 1. The molecule has 3 aromatic heterocycles. The number of carbonyl (C=O) groups is 1. The summed E-state index contributed by atoms with van der Waals surface area (Å²) in [4.78, 5) is 48.2. The van der Waals surface area contributed by atoms with Gasteiger partial charge in [0.1, 0.15) is 28.5 Å². The number of carboxylic acid groups (broad SMARTS) is 1. The number of benzene rings is 1. The van der Waals surface area contributed by atoms with Gasteiger partial charge in [0.15, 0.2) is 0 Å². The number of hydrogen-bond acceptors (Lipinski definition) is 9. The van der Waals surface area contributed by atoms with Gasteiger partial charge in [-0.1, -0.05) is 24.8 Å². The normalized spacial score (nSPS) is 19.4. The summed E-state index contributed by atoms with van der Waals surface area (Å²) in [6, 6.07) is 7.87. The Morgan fingerprint density at radius 1 is 1.27 bits per heavy atom. The van der Waals surface area contributed by atoms with Crippen LogP contribution in [0.1, 0.15) is 56.8 Å². The van der Waals surface area contributed by atoms with E-state index in [0.29, 0.717) is 33.0 Å². The molecule has 0 amide bonds. The average Bonchev–Trinajstić information content (AvgIpc) is 3.74. The van der Waals surface area contributed by atoms with E-state index in [1.807, 2.05) is 24.3 Å². The van der Waals surface area contributed by atoms with Crippen LogP contribution in [0.3, 0.4) is 0 Å². The molecule has 232 valence electrons. The molecule has 4 aromatic rings. The number of allylic oxidation sites excluding steroid dienone is 1. The zero-order valence-corrected chi connectivity index (χ0v) is 26.1. The van der Waals surface area contributed by atoms with Gasteiger partial charge in [0.25, 0.3) is 5.56 Å². The van der Waals surface area contributed by atoms with Crippen LogP contribution in [0, 0.1) is 6.92 Å². The molecule has 0 spiro atoms. The van der Waals surface area contributed by atoms with Crippen LogP contribution in [-0.2, 0) is 21.6 Å². The molecule has 1 N–H and O–H groups in total. The Morgan fingerprint density at radius 2 is 2.05 bits per heavy atom. The molecule has 12 heteroatoms. The molecule has 5 heterocycles. The van der Waals surface area contributed by atoms with Gasteiger partial charge in [-0.15, -0.1) is 11.3 Å². The maximum absolute atomic E-state index is 14.3. The molecule has 0 radical (unpaired) electrons. The Kier molecular flexibility index (Phi) is 7.75. The highest BCUT2D eigenvalue weighted by Gasteiger charge is 2.38. The maximum atomic E-state index is 14.3. The van der Waals surface area contributed by atoms with Crippen molar-refractivity contribution >= 4 is 27.5 Å². The average molecular weight is 621 g/mol. The lowest BCUT2D eigenvalue weighted by Gasteiger charge is -2.38. The first-order chi connectivity index (χ1) is 21.0. The molecular formula is C32H36N4O7S. The number of thiophene rings is 1. The van der Waals surface area contributed by atoms with Crippen molar-refractivity contribution in [3.63, 3.8) is 0 Å². The minimum absolute atomic E-state index is 0.0221. The third-order valence-electron chi connectivity index (χ3n) is 8.95. The standard InChI is InChI=1S/C32H36N4O7S/c1-18-10-11-20-16-21(12-14-34(18)20)43-24(22-8-6-7-9-23(22)41-5)17-35-29-25(19(2)26(44-29)27-33-13-15-42-27)28(37)36(31(35)40)32(3,4)30(38)39/h6-9,13,15,20-21,24H,1,10-12,14,16-17H2,2-5H3,(H,38,39). The molecule has 3 unspecified atom stereocenters. The molecule has 2 fully saturated rings. The van der Waals surface area contributed by atoms with Gasteiger partial charge in [0.2, 0.25) is 5.89 Å². The largest absolute Gasteiger partial charge is 0.496 e. The van der Waals surface area contributed by atoms with Crippen molar-refractivity contribution in [3.8, 4) is 16.5 Å². The number of oxazole rings is 1. The number of rotatable bonds is 9.